The fourth-order valence-corrected chi connectivity index (χ4v) is 3.25. The van der Waals surface area contributed by atoms with Crippen LogP contribution in [0, 0.1) is 0 Å². The van der Waals surface area contributed by atoms with E-state index in [0.717, 1.165) is 0 Å². The van der Waals surface area contributed by atoms with Gasteiger partial charge in [-0.1, -0.05) is 0 Å². The molecule has 0 saturated carbocycles. The molecule has 0 rings (SSSR count). The fourth-order valence-electron chi connectivity index (χ4n) is 1.38. The third-order valence-electron chi connectivity index (χ3n) is 2.04. The molecule has 6 heteroatoms. The predicted molar refractivity (Wildman–Crippen MR) is 57.8 cm³/mol. The van der Waals surface area contributed by atoms with Crippen LogP contribution >= 0.6 is 0 Å². The van der Waals surface area contributed by atoms with Gasteiger partial charge in [0.25, 0.3) is 0 Å². The molecule has 2 unspecified atom stereocenters. The molecule has 0 aliphatic heterocycles. The fraction of sp³-hybridized carbons (Fsp3) is 1.00. The number of hydrogen-bond donors (Lipinski definition) is 2. The SMILES string of the molecule is CO[Si](CC(C)NC(C)N)(OC)OC. The Morgan fingerprint density at radius 2 is 1.57 bits per heavy atom. The first kappa shape index (κ1) is 14.0. The summed E-state index contributed by atoms with van der Waals surface area (Å²) in [6, 6.07) is 0.916. The van der Waals surface area contributed by atoms with E-state index in [2.05, 4.69) is 5.32 Å². The van der Waals surface area contributed by atoms with Crippen LogP contribution in [0.3, 0.4) is 0 Å². The minimum absolute atomic E-state index is 0.0396. The summed E-state index contributed by atoms with van der Waals surface area (Å²) < 4.78 is 15.9. The molecule has 0 spiro atoms. The van der Waals surface area contributed by atoms with E-state index in [1.54, 1.807) is 21.3 Å². The molecule has 14 heavy (non-hydrogen) atoms. The molecule has 3 N–H and O–H groups in total. The highest BCUT2D eigenvalue weighted by Crippen LogP contribution is 2.14. The van der Waals surface area contributed by atoms with Gasteiger partial charge in [0.05, 0.1) is 6.17 Å². The van der Waals surface area contributed by atoms with Gasteiger partial charge in [-0.15, -0.1) is 0 Å². The van der Waals surface area contributed by atoms with Crippen molar-refractivity contribution in [2.45, 2.75) is 32.1 Å². The van der Waals surface area contributed by atoms with Crippen LogP contribution < -0.4 is 11.1 Å². The highest BCUT2D eigenvalue weighted by atomic mass is 28.4. The molecular weight excluding hydrogens is 200 g/mol. The second-order valence-corrected chi connectivity index (χ2v) is 6.35. The van der Waals surface area contributed by atoms with Gasteiger partial charge < -0.3 is 19.0 Å². The molecule has 0 amide bonds. The first-order valence-electron chi connectivity index (χ1n) is 4.66. The third-order valence-corrected chi connectivity index (χ3v) is 5.02. The van der Waals surface area contributed by atoms with Crippen molar-refractivity contribution in [1.82, 2.24) is 5.32 Å². The lowest BCUT2D eigenvalue weighted by Crippen LogP contribution is -2.50. The summed E-state index contributed by atoms with van der Waals surface area (Å²) in [6.45, 7) is 3.92. The number of nitrogens with two attached hydrogens (primary N) is 1. The third kappa shape index (κ3) is 4.49. The van der Waals surface area contributed by atoms with Crippen molar-refractivity contribution < 1.29 is 13.3 Å². The van der Waals surface area contributed by atoms with E-state index in [9.17, 15) is 0 Å². The smallest absolute Gasteiger partial charge is 0.377 e. The summed E-state index contributed by atoms with van der Waals surface area (Å²) in [7, 11) is 2.36. The van der Waals surface area contributed by atoms with Gasteiger partial charge in [0.1, 0.15) is 0 Å². The van der Waals surface area contributed by atoms with E-state index in [-0.39, 0.29) is 12.2 Å². The van der Waals surface area contributed by atoms with E-state index in [0.29, 0.717) is 6.04 Å². The molecule has 0 radical (unpaired) electrons. The van der Waals surface area contributed by atoms with Crippen LogP contribution in [0.5, 0.6) is 0 Å². The van der Waals surface area contributed by atoms with Crippen LogP contribution in [0.4, 0.5) is 0 Å². The maximum Gasteiger partial charge on any atom is 0.501 e. The molecular formula is C8H22N2O3Si. The van der Waals surface area contributed by atoms with Crippen molar-refractivity contribution in [2.24, 2.45) is 5.73 Å². The van der Waals surface area contributed by atoms with Crippen molar-refractivity contribution in [3.05, 3.63) is 0 Å². The maximum atomic E-state index is 5.62. The Hall–Kier alpha value is 0.0169. The minimum Gasteiger partial charge on any atom is -0.377 e. The Labute approximate surface area is 87.3 Å². The van der Waals surface area contributed by atoms with Crippen LogP contribution in [-0.2, 0) is 13.3 Å². The van der Waals surface area contributed by atoms with E-state index < -0.39 is 8.80 Å². The number of hydrogen-bond acceptors (Lipinski definition) is 5. The predicted octanol–water partition coefficient (Wildman–Crippen LogP) is 0.147. The Kier molecular flexibility index (Phi) is 6.50. The van der Waals surface area contributed by atoms with Crippen LogP contribution in [0.2, 0.25) is 6.04 Å². The highest BCUT2D eigenvalue weighted by molar-refractivity contribution is 6.60. The van der Waals surface area contributed by atoms with Crippen LogP contribution in [0.1, 0.15) is 13.8 Å². The van der Waals surface area contributed by atoms with Gasteiger partial charge in [0.15, 0.2) is 0 Å². The molecule has 0 aromatic heterocycles. The van der Waals surface area contributed by atoms with E-state index in [1.807, 2.05) is 13.8 Å². The van der Waals surface area contributed by atoms with Crippen molar-refractivity contribution in [3.8, 4) is 0 Å². The summed E-state index contributed by atoms with van der Waals surface area (Å²) in [4.78, 5) is 0. The lowest BCUT2D eigenvalue weighted by molar-refractivity contribution is 0.120. The average molecular weight is 222 g/mol. The zero-order valence-corrected chi connectivity index (χ0v) is 10.7. The zero-order chi connectivity index (χ0) is 11.2. The minimum atomic E-state index is -2.47. The quantitative estimate of drug-likeness (QED) is 0.474. The Bertz CT molecular complexity index is 145. The second-order valence-electron chi connectivity index (χ2n) is 3.36. The van der Waals surface area contributed by atoms with Crippen LogP contribution in [0.15, 0.2) is 0 Å². The van der Waals surface area contributed by atoms with E-state index in [1.165, 1.54) is 0 Å². The van der Waals surface area contributed by atoms with Crippen molar-refractivity contribution >= 4 is 8.80 Å². The first-order valence-corrected chi connectivity index (χ1v) is 6.60. The summed E-state index contributed by atoms with van der Waals surface area (Å²) in [5.41, 5.74) is 5.62. The standard InChI is InChI=1S/C8H22N2O3Si/c1-7(10-8(2)9)6-14(11-3,12-4)13-5/h7-8,10H,6,9H2,1-5H3. The first-order chi connectivity index (χ1) is 6.49. The van der Waals surface area contributed by atoms with E-state index >= 15 is 0 Å². The van der Waals surface area contributed by atoms with Crippen molar-refractivity contribution in [1.29, 1.82) is 0 Å². The Morgan fingerprint density at radius 3 is 1.86 bits per heavy atom. The van der Waals surface area contributed by atoms with Gasteiger partial charge in [-0.05, 0) is 13.8 Å². The highest BCUT2D eigenvalue weighted by Gasteiger charge is 2.39. The second kappa shape index (κ2) is 6.49. The van der Waals surface area contributed by atoms with E-state index in [4.69, 9.17) is 19.0 Å². The molecule has 5 nitrogen and oxygen atoms in total. The van der Waals surface area contributed by atoms with Gasteiger partial charge in [-0.2, -0.15) is 0 Å². The van der Waals surface area contributed by atoms with Gasteiger partial charge >= 0.3 is 8.80 Å². The van der Waals surface area contributed by atoms with Crippen molar-refractivity contribution in [3.63, 3.8) is 0 Å². The Morgan fingerprint density at radius 1 is 1.14 bits per heavy atom. The molecule has 0 bridgehead atoms. The molecule has 86 valence electrons. The lowest BCUT2D eigenvalue weighted by atomic mass is 10.4. The number of nitrogens with one attached hydrogen (secondary N) is 1. The normalized spacial score (nSPS) is 16.7. The molecule has 0 aliphatic rings. The maximum absolute atomic E-state index is 5.62. The van der Waals surface area contributed by atoms with Gasteiger partial charge in [0, 0.05) is 33.4 Å². The molecule has 0 fully saturated rings. The summed E-state index contributed by atoms with van der Waals surface area (Å²) >= 11 is 0. The zero-order valence-electron chi connectivity index (χ0n) is 9.66. The summed E-state index contributed by atoms with van der Waals surface area (Å²) in [5.74, 6) is 0. The Balaban J connectivity index is 4.15. The molecule has 0 aromatic carbocycles. The van der Waals surface area contributed by atoms with Gasteiger partial charge in [0.2, 0.25) is 0 Å². The lowest BCUT2D eigenvalue weighted by Gasteiger charge is -2.28. The molecule has 0 heterocycles. The van der Waals surface area contributed by atoms with Crippen LogP contribution in [-0.4, -0.2) is 42.3 Å². The summed E-state index contributed by atoms with van der Waals surface area (Å²) in [5, 5.41) is 3.17. The van der Waals surface area contributed by atoms with Crippen molar-refractivity contribution in [2.75, 3.05) is 21.3 Å². The van der Waals surface area contributed by atoms with Gasteiger partial charge in [-0.3, -0.25) is 5.32 Å². The van der Waals surface area contributed by atoms with Gasteiger partial charge in [-0.25, -0.2) is 0 Å². The number of rotatable bonds is 7. The molecule has 0 saturated heterocycles. The molecule has 0 aliphatic carbocycles. The monoisotopic (exact) mass is 222 g/mol. The molecule has 0 aromatic rings. The summed E-state index contributed by atoms with van der Waals surface area (Å²) in [6.07, 6.45) is -0.0396. The molecule has 2 atom stereocenters. The largest absolute Gasteiger partial charge is 0.501 e. The topological polar surface area (TPSA) is 65.7 Å². The van der Waals surface area contributed by atoms with Crippen LogP contribution in [0.25, 0.3) is 0 Å². The average Bonchev–Trinajstić information content (AvgIpc) is 2.13.